The fraction of sp³-hybridized carbons (Fsp3) is 0.385. The number of rotatable bonds is 5. The molecule has 17 heavy (non-hydrogen) atoms. The van der Waals surface area contributed by atoms with Crippen LogP contribution in [0.1, 0.15) is 11.7 Å². The Labute approximate surface area is 102 Å². The molecule has 0 heterocycles. The predicted molar refractivity (Wildman–Crippen MR) is 65.7 cm³/mol. The molecule has 0 spiro atoms. The number of hydrogen-bond acceptors (Lipinski definition) is 4. The van der Waals surface area contributed by atoms with Crippen molar-refractivity contribution < 1.29 is 0 Å². The first-order valence-electron chi connectivity index (χ1n) is 5.40. The van der Waals surface area contributed by atoms with Gasteiger partial charge in [-0.05, 0) is 19.7 Å². The second-order valence-electron chi connectivity index (χ2n) is 3.93. The summed E-state index contributed by atoms with van der Waals surface area (Å²) in [5.74, 6) is 0. The van der Waals surface area contributed by atoms with E-state index in [2.05, 4.69) is 12.1 Å². The highest BCUT2D eigenvalue weighted by atomic mass is 15.3. The van der Waals surface area contributed by atoms with Crippen molar-refractivity contribution in [1.82, 2.24) is 9.80 Å². The molecule has 1 rings (SSSR count). The van der Waals surface area contributed by atoms with Crippen LogP contribution in [0.5, 0.6) is 0 Å². The SMILES string of the molecule is CN(CC#N)C(c1ccccc1)N(C)CC#N. The van der Waals surface area contributed by atoms with E-state index in [1.807, 2.05) is 54.2 Å². The molecule has 1 aromatic rings. The third kappa shape index (κ3) is 3.57. The molecule has 4 heteroatoms. The largest absolute Gasteiger partial charge is 0.274 e. The number of benzene rings is 1. The lowest BCUT2D eigenvalue weighted by molar-refractivity contribution is 0.106. The molecular formula is C13H16N4. The van der Waals surface area contributed by atoms with Crippen molar-refractivity contribution >= 4 is 0 Å². The van der Waals surface area contributed by atoms with Gasteiger partial charge < -0.3 is 0 Å². The van der Waals surface area contributed by atoms with Gasteiger partial charge in [-0.3, -0.25) is 9.80 Å². The van der Waals surface area contributed by atoms with Crippen molar-refractivity contribution in [2.45, 2.75) is 6.17 Å². The van der Waals surface area contributed by atoms with Crippen molar-refractivity contribution in [3.05, 3.63) is 35.9 Å². The maximum Gasteiger partial charge on any atom is 0.0897 e. The number of nitriles is 2. The fourth-order valence-corrected chi connectivity index (χ4v) is 1.87. The van der Waals surface area contributed by atoms with Gasteiger partial charge in [0.1, 0.15) is 0 Å². The van der Waals surface area contributed by atoms with E-state index >= 15 is 0 Å². The molecule has 4 nitrogen and oxygen atoms in total. The van der Waals surface area contributed by atoms with Crippen LogP contribution in [0, 0.1) is 22.7 Å². The molecule has 0 saturated carbocycles. The van der Waals surface area contributed by atoms with Crippen LogP contribution in [-0.2, 0) is 0 Å². The fourth-order valence-electron chi connectivity index (χ4n) is 1.87. The molecule has 0 aliphatic heterocycles. The van der Waals surface area contributed by atoms with Crippen LogP contribution in [0.15, 0.2) is 30.3 Å². The normalized spacial score (nSPS) is 10.5. The average Bonchev–Trinajstić information content (AvgIpc) is 2.31. The third-order valence-corrected chi connectivity index (χ3v) is 2.57. The second kappa shape index (κ2) is 6.65. The molecule has 0 atom stereocenters. The molecular weight excluding hydrogens is 212 g/mol. The lowest BCUT2D eigenvalue weighted by atomic mass is 10.1. The molecule has 0 fully saturated rings. The summed E-state index contributed by atoms with van der Waals surface area (Å²) in [6, 6.07) is 14.2. The van der Waals surface area contributed by atoms with Gasteiger partial charge in [0.05, 0.1) is 31.4 Å². The molecule has 0 amide bonds. The Morgan fingerprint density at radius 1 is 1.00 bits per heavy atom. The highest BCUT2D eigenvalue weighted by Gasteiger charge is 2.20. The van der Waals surface area contributed by atoms with Gasteiger partial charge in [0.15, 0.2) is 0 Å². The topological polar surface area (TPSA) is 54.1 Å². The Kier molecular flexibility index (Phi) is 5.16. The van der Waals surface area contributed by atoms with Crippen LogP contribution in [-0.4, -0.2) is 37.0 Å². The summed E-state index contributed by atoms with van der Waals surface area (Å²) in [6.07, 6.45) is -0.0458. The van der Waals surface area contributed by atoms with E-state index in [9.17, 15) is 0 Å². The maximum atomic E-state index is 8.77. The zero-order valence-corrected chi connectivity index (χ0v) is 10.2. The summed E-state index contributed by atoms with van der Waals surface area (Å²) in [4.78, 5) is 3.85. The summed E-state index contributed by atoms with van der Waals surface area (Å²) in [6.45, 7) is 0.657. The van der Waals surface area contributed by atoms with E-state index in [4.69, 9.17) is 10.5 Å². The highest BCUT2D eigenvalue weighted by molar-refractivity contribution is 5.19. The van der Waals surface area contributed by atoms with Crippen molar-refractivity contribution in [2.24, 2.45) is 0 Å². The van der Waals surface area contributed by atoms with Gasteiger partial charge in [-0.15, -0.1) is 0 Å². The summed E-state index contributed by atoms with van der Waals surface area (Å²) in [5, 5.41) is 17.5. The first kappa shape index (κ1) is 13.2. The van der Waals surface area contributed by atoms with Gasteiger partial charge >= 0.3 is 0 Å². The van der Waals surface area contributed by atoms with Crippen molar-refractivity contribution in [2.75, 3.05) is 27.2 Å². The molecule has 1 aromatic carbocycles. The molecule has 0 radical (unpaired) electrons. The van der Waals surface area contributed by atoms with Crippen LogP contribution in [0.3, 0.4) is 0 Å². The van der Waals surface area contributed by atoms with E-state index in [1.54, 1.807) is 0 Å². The third-order valence-electron chi connectivity index (χ3n) is 2.57. The van der Waals surface area contributed by atoms with Gasteiger partial charge in [-0.1, -0.05) is 30.3 Å². The smallest absolute Gasteiger partial charge is 0.0897 e. The summed E-state index contributed by atoms with van der Waals surface area (Å²) in [7, 11) is 3.77. The minimum absolute atomic E-state index is 0.0458. The van der Waals surface area contributed by atoms with Gasteiger partial charge in [-0.2, -0.15) is 10.5 Å². The summed E-state index contributed by atoms with van der Waals surface area (Å²) in [5.41, 5.74) is 1.09. The summed E-state index contributed by atoms with van der Waals surface area (Å²) >= 11 is 0. The predicted octanol–water partition coefficient (Wildman–Crippen LogP) is 1.60. The Balaban J connectivity index is 2.95. The minimum Gasteiger partial charge on any atom is -0.274 e. The van der Waals surface area contributed by atoms with Gasteiger partial charge in [0.25, 0.3) is 0 Å². The quantitative estimate of drug-likeness (QED) is 0.567. The molecule has 88 valence electrons. The average molecular weight is 228 g/mol. The van der Waals surface area contributed by atoms with Gasteiger partial charge in [0.2, 0.25) is 0 Å². The molecule has 0 aromatic heterocycles. The first-order chi connectivity index (χ1) is 8.20. The van der Waals surface area contributed by atoms with E-state index in [0.29, 0.717) is 13.1 Å². The Morgan fingerprint density at radius 3 is 1.88 bits per heavy atom. The monoisotopic (exact) mass is 228 g/mol. The van der Waals surface area contributed by atoms with E-state index in [-0.39, 0.29) is 6.17 Å². The van der Waals surface area contributed by atoms with Crippen LogP contribution >= 0.6 is 0 Å². The molecule has 0 aliphatic carbocycles. The summed E-state index contributed by atoms with van der Waals surface area (Å²) < 4.78 is 0. The van der Waals surface area contributed by atoms with Crippen molar-refractivity contribution in [3.8, 4) is 12.1 Å². The molecule has 0 N–H and O–H groups in total. The van der Waals surface area contributed by atoms with E-state index in [1.165, 1.54) is 0 Å². The Morgan fingerprint density at radius 2 is 1.47 bits per heavy atom. The molecule has 0 aliphatic rings. The van der Waals surface area contributed by atoms with Crippen molar-refractivity contribution in [1.29, 1.82) is 10.5 Å². The van der Waals surface area contributed by atoms with E-state index in [0.717, 1.165) is 5.56 Å². The second-order valence-corrected chi connectivity index (χ2v) is 3.93. The number of hydrogen-bond donors (Lipinski definition) is 0. The van der Waals surface area contributed by atoms with Gasteiger partial charge in [0, 0.05) is 0 Å². The Bertz CT molecular complexity index is 393. The standard InChI is InChI=1S/C13H16N4/c1-16(10-8-14)13(17(2)11-9-15)12-6-4-3-5-7-12/h3-7,13H,10-11H2,1-2H3. The van der Waals surface area contributed by atoms with Crippen LogP contribution in [0.4, 0.5) is 0 Å². The molecule has 0 unspecified atom stereocenters. The minimum atomic E-state index is -0.0458. The van der Waals surface area contributed by atoms with Gasteiger partial charge in [-0.25, -0.2) is 0 Å². The highest BCUT2D eigenvalue weighted by Crippen LogP contribution is 2.21. The lowest BCUT2D eigenvalue weighted by Gasteiger charge is -2.33. The molecule has 0 bridgehead atoms. The van der Waals surface area contributed by atoms with Crippen LogP contribution in [0.25, 0.3) is 0 Å². The number of nitrogens with zero attached hydrogens (tertiary/aromatic N) is 4. The van der Waals surface area contributed by atoms with Crippen LogP contribution in [0.2, 0.25) is 0 Å². The zero-order chi connectivity index (χ0) is 12.7. The van der Waals surface area contributed by atoms with Crippen LogP contribution < -0.4 is 0 Å². The van der Waals surface area contributed by atoms with E-state index < -0.39 is 0 Å². The van der Waals surface area contributed by atoms with Crippen molar-refractivity contribution in [3.63, 3.8) is 0 Å². The Hall–Kier alpha value is -1.88. The lowest BCUT2D eigenvalue weighted by Crippen LogP contribution is -2.37. The first-order valence-corrected chi connectivity index (χ1v) is 5.40. The molecule has 0 saturated heterocycles. The zero-order valence-electron chi connectivity index (χ0n) is 10.2. The maximum absolute atomic E-state index is 8.77.